The predicted molar refractivity (Wildman–Crippen MR) is 134 cm³/mol. The second kappa shape index (κ2) is 11.9. The van der Waals surface area contributed by atoms with Crippen molar-refractivity contribution < 1.29 is 24.2 Å². The van der Waals surface area contributed by atoms with E-state index in [0.29, 0.717) is 28.6 Å². The lowest BCUT2D eigenvalue weighted by Gasteiger charge is -2.23. The molecular formula is C25H27NO5S2. The van der Waals surface area contributed by atoms with Crippen molar-refractivity contribution in [3.8, 4) is 11.5 Å². The van der Waals surface area contributed by atoms with Crippen LogP contribution in [0.4, 0.5) is 0 Å². The zero-order chi connectivity index (χ0) is 23.8. The zero-order valence-electron chi connectivity index (χ0n) is 18.7. The van der Waals surface area contributed by atoms with Crippen molar-refractivity contribution in [2.24, 2.45) is 0 Å². The summed E-state index contributed by atoms with van der Waals surface area (Å²) < 4.78 is 11.5. The number of hydrogen-bond donors (Lipinski definition) is 1. The van der Waals surface area contributed by atoms with Gasteiger partial charge in [-0.25, -0.2) is 4.79 Å². The highest BCUT2D eigenvalue weighted by atomic mass is 32.2. The molecule has 2 aromatic carbocycles. The van der Waals surface area contributed by atoms with Gasteiger partial charge in [0.05, 0.1) is 18.6 Å². The molecule has 33 heavy (non-hydrogen) atoms. The van der Waals surface area contributed by atoms with E-state index in [1.807, 2.05) is 12.1 Å². The molecule has 0 bridgehead atoms. The Morgan fingerprint density at radius 3 is 2.58 bits per heavy atom. The zero-order valence-corrected chi connectivity index (χ0v) is 20.3. The van der Waals surface area contributed by atoms with Crippen LogP contribution in [0.1, 0.15) is 49.8 Å². The van der Waals surface area contributed by atoms with Gasteiger partial charge < -0.3 is 14.6 Å². The van der Waals surface area contributed by atoms with Crippen LogP contribution < -0.4 is 9.47 Å². The smallest absolute Gasteiger partial charge is 0.331 e. The molecule has 0 spiro atoms. The molecule has 2 aromatic rings. The third-order valence-corrected chi connectivity index (χ3v) is 6.50. The van der Waals surface area contributed by atoms with Crippen molar-refractivity contribution >= 4 is 46.3 Å². The largest absolute Gasteiger partial charge is 0.493 e. The van der Waals surface area contributed by atoms with Crippen molar-refractivity contribution in [2.45, 2.75) is 38.6 Å². The average molecular weight is 486 g/mol. The average Bonchev–Trinajstić information content (AvgIpc) is 3.08. The monoisotopic (exact) mass is 485 g/mol. The molecule has 8 heteroatoms. The Labute approximate surface area is 203 Å². The molecule has 0 aromatic heterocycles. The Hall–Kier alpha value is -2.84. The third-order valence-electron chi connectivity index (χ3n) is 5.17. The number of carboxylic acids is 1. The first-order chi connectivity index (χ1) is 16.0. The summed E-state index contributed by atoms with van der Waals surface area (Å²) in [6, 6.07) is 12.9. The minimum absolute atomic E-state index is 0.210. The number of thioether (sulfide) groups is 1. The maximum absolute atomic E-state index is 13.1. The number of methoxy groups -OCH3 is 1. The minimum Gasteiger partial charge on any atom is -0.493 e. The SMILES string of the molecule is CCCCCCOc1ccc(/C=C2/SC(=S)N([C@@H](C(=O)O)c3ccccc3)C2=O)cc1OC. The van der Waals surface area contributed by atoms with Gasteiger partial charge in [-0.15, -0.1) is 0 Å². The predicted octanol–water partition coefficient (Wildman–Crippen LogP) is 5.68. The van der Waals surface area contributed by atoms with E-state index in [0.717, 1.165) is 35.1 Å². The fraction of sp³-hybridized carbons (Fsp3) is 0.320. The highest BCUT2D eigenvalue weighted by Gasteiger charge is 2.41. The molecule has 1 aliphatic rings. The topological polar surface area (TPSA) is 76.1 Å². The van der Waals surface area contributed by atoms with Crippen LogP contribution in [-0.4, -0.2) is 39.9 Å². The van der Waals surface area contributed by atoms with E-state index in [-0.39, 0.29) is 4.32 Å². The Kier molecular flexibility index (Phi) is 8.91. The maximum Gasteiger partial charge on any atom is 0.331 e. The normalized spacial score (nSPS) is 15.7. The summed E-state index contributed by atoms with van der Waals surface area (Å²) in [5.74, 6) is -0.353. The number of rotatable bonds is 11. The number of carbonyl (C=O) groups is 2. The molecule has 1 amide bonds. The van der Waals surface area contributed by atoms with Crippen LogP contribution in [0.2, 0.25) is 0 Å². The molecule has 0 unspecified atom stereocenters. The Balaban J connectivity index is 1.79. The summed E-state index contributed by atoms with van der Waals surface area (Å²) in [5.41, 5.74) is 1.22. The van der Waals surface area contributed by atoms with Crippen LogP contribution in [0.15, 0.2) is 53.4 Å². The molecule has 174 valence electrons. The van der Waals surface area contributed by atoms with Crippen LogP contribution in [0.3, 0.4) is 0 Å². The van der Waals surface area contributed by atoms with Crippen LogP contribution in [-0.2, 0) is 9.59 Å². The molecule has 1 N–H and O–H groups in total. The number of benzene rings is 2. The van der Waals surface area contributed by atoms with Crippen LogP contribution >= 0.6 is 24.0 Å². The molecule has 3 rings (SSSR count). The summed E-state index contributed by atoms with van der Waals surface area (Å²) in [4.78, 5) is 26.6. The number of carbonyl (C=O) groups excluding carboxylic acids is 1. The van der Waals surface area contributed by atoms with E-state index in [2.05, 4.69) is 6.92 Å². The summed E-state index contributed by atoms with van der Waals surface area (Å²) in [5, 5.41) is 9.80. The molecule has 1 aliphatic heterocycles. The fourth-order valence-electron chi connectivity index (χ4n) is 3.50. The maximum atomic E-state index is 13.1. The van der Waals surface area contributed by atoms with Gasteiger partial charge in [0.15, 0.2) is 17.5 Å². The number of nitrogens with zero attached hydrogens (tertiary/aromatic N) is 1. The molecule has 6 nitrogen and oxygen atoms in total. The van der Waals surface area contributed by atoms with Crippen molar-refractivity contribution in [2.75, 3.05) is 13.7 Å². The highest BCUT2D eigenvalue weighted by Crippen LogP contribution is 2.39. The fourth-order valence-corrected chi connectivity index (χ4v) is 4.81. The van der Waals surface area contributed by atoms with E-state index in [1.54, 1.807) is 49.6 Å². The Morgan fingerprint density at radius 2 is 1.91 bits per heavy atom. The second-order valence-corrected chi connectivity index (χ2v) is 9.20. The van der Waals surface area contributed by atoms with E-state index >= 15 is 0 Å². The first-order valence-electron chi connectivity index (χ1n) is 10.8. The van der Waals surface area contributed by atoms with Crippen molar-refractivity contribution in [3.05, 3.63) is 64.6 Å². The van der Waals surface area contributed by atoms with Gasteiger partial charge in [0, 0.05) is 0 Å². The van der Waals surface area contributed by atoms with Gasteiger partial charge in [-0.2, -0.15) is 0 Å². The van der Waals surface area contributed by atoms with Gasteiger partial charge in [-0.05, 0) is 35.8 Å². The van der Waals surface area contributed by atoms with Crippen LogP contribution in [0.25, 0.3) is 6.08 Å². The quantitative estimate of drug-likeness (QED) is 0.249. The molecular weight excluding hydrogens is 458 g/mol. The number of thiocarbonyl (C=S) groups is 1. The first-order valence-corrected chi connectivity index (χ1v) is 12.0. The van der Waals surface area contributed by atoms with E-state index in [4.69, 9.17) is 21.7 Å². The molecule has 1 heterocycles. The van der Waals surface area contributed by atoms with Crippen molar-refractivity contribution in [1.29, 1.82) is 0 Å². The number of ether oxygens (including phenoxy) is 2. The Morgan fingerprint density at radius 1 is 1.15 bits per heavy atom. The van der Waals surface area contributed by atoms with Crippen LogP contribution in [0, 0.1) is 0 Å². The van der Waals surface area contributed by atoms with Gasteiger partial charge in [0.1, 0.15) is 4.32 Å². The van der Waals surface area contributed by atoms with Gasteiger partial charge in [-0.1, -0.05) is 86.6 Å². The minimum atomic E-state index is -1.18. The van der Waals surface area contributed by atoms with Gasteiger partial charge in [-0.3, -0.25) is 9.69 Å². The Bertz CT molecular complexity index is 1040. The summed E-state index contributed by atoms with van der Waals surface area (Å²) in [6.07, 6.45) is 6.15. The molecule has 1 fully saturated rings. The lowest BCUT2D eigenvalue weighted by molar-refractivity contribution is -0.145. The molecule has 0 aliphatic carbocycles. The van der Waals surface area contributed by atoms with Crippen molar-refractivity contribution in [1.82, 2.24) is 4.90 Å². The van der Waals surface area contributed by atoms with E-state index in [9.17, 15) is 14.7 Å². The van der Waals surface area contributed by atoms with E-state index in [1.165, 1.54) is 12.8 Å². The lowest BCUT2D eigenvalue weighted by Crippen LogP contribution is -2.37. The number of unbranched alkanes of at least 4 members (excludes halogenated alkanes) is 3. The number of amides is 1. The highest BCUT2D eigenvalue weighted by molar-refractivity contribution is 8.26. The van der Waals surface area contributed by atoms with Gasteiger partial charge >= 0.3 is 5.97 Å². The molecule has 0 radical (unpaired) electrons. The van der Waals surface area contributed by atoms with E-state index < -0.39 is 17.9 Å². The van der Waals surface area contributed by atoms with Gasteiger partial charge in [0.25, 0.3) is 5.91 Å². The van der Waals surface area contributed by atoms with Crippen molar-refractivity contribution in [3.63, 3.8) is 0 Å². The summed E-state index contributed by atoms with van der Waals surface area (Å²) in [7, 11) is 1.57. The number of aliphatic carboxylic acids is 1. The molecule has 1 saturated heterocycles. The number of hydrogen-bond acceptors (Lipinski definition) is 6. The third kappa shape index (κ3) is 6.15. The van der Waals surface area contributed by atoms with Crippen LogP contribution in [0.5, 0.6) is 11.5 Å². The number of carboxylic acid groups (broad SMARTS) is 1. The summed E-state index contributed by atoms with van der Waals surface area (Å²) in [6.45, 7) is 2.78. The molecule has 1 atom stereocenters. The molecule has 0 saturated carbocycles. The first kappa shape index (κ1) is 24.8. The summed E-state index contributed by atoms with van der Waals surface area (Å²) >= 11 is 6.46. The lowest BCUT2D eigenvalue weighted by atomic mass is 10.1. The standard InChI is InChI=1S/C25H27NO5S2/c1-3-4-5-9-14-31-19-13-12-17(15-20(19)30-2)16-21-23(27)26(25(32)33-21)22(24(28)29)18-10-7-6-8-11-18/h6-8,10-13,15-16,22H,3-5,9,14H2,1-2H3,(H,28,29)/b21-16+/t22-/m1/s1. The van der Waals surface area contributed by atoms with Gasteiger partial charge in [0.2, 0.25) is 0 Å². The second-order valence-electron chi connectivity index (χ2n) is 7.52.